The predicted octanol–water partition coefficient (Wildman–Crippen LogP) is 3.96. The molecule has 1 atom stereocenters. The van der Waals surface area contributed by atoms with Gasteiger partial charge in [0.2, 0.25) is 0 Å². The molecule has 0 aliphatic rings. The van der Waals surface area contributed by atoms with E-state index in [1.807, 2.05) is 0 Å². The minimum absolute atomic E-state index is 0.0274. The first kappa shape index (κ1) is 17.8. The molecule has 0 radical (unpaired) electrons. The molecule has 0 bridgehead atoms. The highest BCUT2D eigenvalue weighted by atomic mass is 35.5. The van der Waals surface area contributed by atoms with Crippen molar-refractivity contribution in [2.24, 2.45) is 0 Å². The fourth-order valence-corrected chi connectivity index (χ4v) is 2.21. The third-order valence-electron chi connectivity index (χ3n) is 3.36. The maximum absolute atomic E-state index is 12.3. The number of nitrogens with one attached hydrogen (secondary N) is 1. The van der Waals surface area contributed by atoms with E-state index in [2.05, 4.69) is 5.32 Å². The Labute approximate surface area is 145 Å². The van der Waals surface area contributed by atoms with Gasteiger partial charge in [-0.1, -0.05) is 11.6 Å². The summed E-state index contributed by atoms with van der Waals surface area (Å²) in [5.41, 5.74) is 1.06. The van der Waals surface area contributed by atoms with Crippen LogP contribution in [0.15, 0.2) is 42.5 Å². The number of halogens is 1. The van der Waals surface area contributed by atoms with Crippen molar-refractivity contribution in [1.29, 1.82) is 0 Å². The minimum atomic E-state index is -0.739. The maximum Gasteiger partial charge on any atom is 0.265 e. The first-order valence-corrected chi connectivity index (χ1v) is 7.70. The lowest BCUT2D eigenvalue weighted by atomic mass is 10.1. The van der Waals surface area contributed by atoms with Crippen molar-refractivity contribution in [2.45, 2.75) is 20.0 Å². The summed E-state index contributed by atoms with van der Waals surface area (Å²) in [5, 5.41) is 3.21. The monoisotopic (exact) mass is 347 g/mol. The molecular weight excluding hydrogens is 330 g/mol. The molecule has 2 aromatic carbocycles. The van der Waals surface area contributed by atoms with Crippen molar-refractivity contribution in [1.82, 2.24) is 0 Å². The highest BCUT2D eigenvalue weighted by Gasteiger charge is 2.17. The number of methoxy groups -OCH3 is 1. The molecule has 0 saturated heterocycles. The summed E-state index contributed by atoms with van der Waals surface area (Å²) in [7, 11) is 1.51. The number of hydrogen-bond donors (Lipinski definition) is 1. The third-order valence-corrected chi connectivity index (χ3v) is 3.60. The molecule has 0 fully saturated rings. The quantitative estimate of drug-likeness (QED) is 0.803. The lowest BCUT2D eigenvalue weighted by molar-refractivity contribution is -0.122. The van der Waals surface area contributed by atoms with Gasteiger partial charge in [0.15, 0.2) is 11.9 Å². The molecule has 0 aromatic heterocycles. The topological polar surface area (TPSA) is 64.6 Å². The number of Topliss-reactive ketones (excluding diaryl/α,β-unsaturated/α-hetero) is 1. The molecule has 0 unspecified atom stereocenters. The second kappa shape index (κ2) is 7.84. The zero-order valence-electron chi connectivity index (χ0n) is 13.6. The van der Waals surface area contributed by atoms with Crippen LogP contribution in [0.25, 0.3) is 0 Å². The van der Waals surface area contributed by atoms with Crippen LogP contribution in [0.1, 0.15) is 24.2 Å². The van der Waals surface area contributed by atoms with Crippen molar-refractivity contribution >= 4 is 29.0 Å². The normalized spacial score (nSPS) is 11.5. The molecule has 24 heavy (non-hydrogen) atoms. The number of benzene rings is 2. The Hall–Kier alpha value is -2.53. The Kier molecular flexibility index (Phi) is 5.82. The van der Waals surface area contributed by atoms with Crippen LogP contribution in [0.5, 0.6) is 11.5 Å². The van der Waals surface area contributed by atoms with Crippen LogP contribution in [0.2, 0.25) is 5.02 Å². The molecule has 126 valence electrons. The first-order valence-electron chi connectivity index (χ1n) is 7.32. The van der Waals surface area contributed by atoms with Crippen LogP contribution < -0.4 is 14.8 Å². The van der Waals surface area contributed by atoms with E-state index in [4.69, 9.17) is 21.1 Å². The van der Waals surface area contributed by atoms with Gasteiger partial charge in [0.05, 0.1) is 12.8 Å². The Morgan fingerprint density at radius 1 is 1.12 bits per heavy atom. The number of amides is 1. The molecule has 0 heterocycles. The van der Waals surface area contributed by atoms with Crippen LogP contribution in [0.4, 0.5) is 5.69 Å². The van der Waals surface area contributed by atoms with Gasteiger partial charge in [-0.15, -0.1) is 0 Å². The lowest BCUT2D eigenvalue weighted by Gasteiger charge is -2.16. The second-order valence-electron chi connectivity index (χ2n) is 5.17. The van der Waals surface area contributed by atoms with Gasteiger partial charge in [-0.3, -0.25) is 9.59 Å². The van der Waals surface area contributed by atoms with E-state index in [1.165, 1.54) is 14.0 Å². The van der Waals surface area contributed by atoms with Crippen LogP contribution in [0, 0.1) is 0 Å². The van der Waals surface area contributed by atoms with Crippen LogP contribution >= 0.6 is 11.6 Å². The zero-order valence-corrected chi connectivity index (χ0v) is 14.4. The number of ether oxygens (including phenoxy) is 2. The van der Waals surface area contributed by atoms with Crippen molar-refractivity contribution < 1.29 is 19.1 Å². The molecule has 1 amide bonds. The number of carbonyl (C=O) groups is 2. The number of ketones is 1. The van der Waals surface area contributed by atoms with Crippen LogP contribution in [-0.2, 0) is 4.79 Å². The highest BCUT2D eigenvalue weighted by molar-refractivity contribution is 6.31. The van der Waals surface area contributed by atoms with Crippen molar-refractivity contribution in [2.75, 3.05) is 12.4 Å². The van der Waals surface area contributed by atoms with E-state index in [1.54, 1.807) is 49.4 Å². The fourth-order valence-electron chi connectivity index (χ4n) is 2.04. The summed E-state index contributed by atoms with van der Waals surface area (Å²) < 4.78 is 10.8. The average molecular weight is 348 g/mol. The fraction of sp³-hybridized carbons (Fsp3) is 0.222. The van der Waals surface area contributed by atoms with E-state index in [0.717, 1.165) is 0 Å². The predicted molar refractivity (Wildman–Crippen MR) is 93.2 cm³/mol. The molecular formula is C18H18ClNO4. The molecule has 2 rings (SSSR count). The zero-order chi connectivity index (χ0) is 17.7. The van der Waals surface area contributed by atoms with Crippen molar-refractivity contribution in [3.8, 4) is 11.5 Å². The molecule has 5 nitrogen and oxygen atoms in total. The molecule has 0 spiro atoms. The smallest absolute Gasteiger partial charge is 0.265 e. The van der Waals surface area contributed by atoms with E-state index < -0.39 is 6.10 Å². The van der Waals surface area contributed by atoms with Crippen LogP contribution in [0.3, 0.4) is 0 Å². The average Bonchev–Trinajstić information content (AvgIpc) is 2.55. The number of anilines is 1. The Morgan fingerprint density at radius 3 is 2.38 bits per heavy atom. The Morgan fingerprint density at radius 2 is 1.79 bits per heavy atom. The highest BCUT2D eigenvalue weighted by Crippen LogP contribution is 2.28. The van der Waals surface area contributed by atoms with Gasteiger partial charge in [-0.05, 0) is 56.3 Å². The largest absolute Gasteiger partial charge is 0.495 e. The summed E-state index contributed by atoms with van der Waals surface area (Å²) in [4.78, 5) is 23.5. The molecule has 6 heteroatoms. The molecule has 0 aliphatic heterocycles. The molecule has 0 saturated carbocycles. The van der Waals surface area contributed by atoms with Gasteiger partial charge in [0.1, 0.15) is 11.5 Å². The van der Waals surface area contributed by atoms with E-state index in [0.29, 0.717) is 27.8 Å². The number of carbonyl (C=O) groups excluding carboxylic acids is 2. The van der Waals surface area contributed by atoms with Gasteiger partial charge in [-0.2, -0.15) is 0 Å². The summed E-state index contributed by atoms with van der Waals surface area (Å²) in [6.07, 6.45) is -0.739. The van der Waals surface area contributed by atoms with E-state index in [9.17, 15) is 9.59 Å². The molecule has 2 aromatic rings. The summed E-state index contributed by atoms with van der Waals surface area (Å²) in [5.74, 6) is 0.637. The van der Waals surface area contributed by atoms with Gasteiger partial charge in [-0.25, -0.2) is 0 Å². The van der Waals surface area contributed by atoms with Gasteiger partial charge in [0, 0.05) is 10.6 Å². The molecule has 1 N–H and O–H groups in total. The summed E-state index contributed by atoms with van der Waals surface area (Å²) in [6.45, 7) is 3.12. The lowest BCUT2D eigenvalue weighted by Crippen LogP contribution is -2.30. The number of hydrogen-bond acceptors (Lipinski definition) is 4. The summed E-state index contributed by atoms with van der Waals surface area (Å²) >= 11 is 5.94. The van der Waals surface area contributed by atoms with Gasteiger partial charge >= 0.3 is 0 Å². The van der Waals surface area contributed by atoms with Gasteiger partial charge in [0.25, 0.3) is 5.91 Å². The summed E-state index contributed by atoms with van der Waals surface area (Å²) in [6, 6.07) is 11.6. The first-order chi connectivity index (χ1) is 11.4. The number of rotatable bonds is 6. The van der Waals surface area contributed by atoms with E-state index >= 15 is 0 Å². The van der Waals surface area contributed by atoms with Crippen LogP contribution in [-0.4, -0.2) is 24.9 Å². The standard InChI is InChI=1S/C18H18ClNO4/c1-11(21)13-4-7-15(8-5-13)24-12(2)18(22)20-16-10-14(19)6-9-17(16)23-3/h4-10,12H,1-3H3,(H,20,22)/t12-/m1/s1. The maximum atomic E-state index is 12.3. The Balaban J connectivity index is 2.04. The van der Waals surface area contributed by atoms with E-state index in [-0.39, 0.29) is 11.7 Å². The second-order valence-corrected chi connectivity index (χ2v) is 5.61. The Bertz CT molecular complexity index is 743. The molecule has 0 aliphatic carbocycles. The minimum Gasteiger partial charge on any atom is -0.495 e. The van der Waals surface area contributed by atoms with Gasteiger partial charge < -0.3 is 14.8 Å². The van der Waals surface area contributed by atoms with Crippen molar-refractivity contribution in [3.63, 3.8) is 0 Å². The van der Waals surface area contributed by atoms with Crippen molar-refractivity contribution in [3.05, 3.63) is 53.1 Å². The third kappa shape index (κ3) is 4.49. The SMILES string of the molecule is COc1ccc(Cl)cc1NC(=O)[C@@H](C)Oc1ccc(C(C)=O)cc1.